The summed E-state index contributed by atoms with van der Waals surface area (Å²) in [5.74, 6) is 1.06. The van der Waals surface area contributed by atoms with Crippen molar-refractivity contribution in [2.45, 2.75) is 187 Å². The summed E-state index contributed by atoms with van der Waals surface area (Å²) >= 11 is 8.50. The number of nitrogens with two attached hydrogens (primary N) is 1. The minimum atomic E-state index is -4.77. The van der Waals surface area contributed by atoms with Gasteiger partial charge in [0.15, 0.2) is 5.69 Å². The van der Waals surface area contributed by atoms with Crippen LogP contribution in [0, 0.1) is 23.7 Å². The highest BCUT2D eigenvalue weighted by atomic mass is 79.9. The lowest BCUT2D eigenvalue weighted by Gasteiger charge is -2.22. The molecule has 4 aliphatic carbocycles. The molecular weight excluding hydrogens is 1190 g/mol. The number of thiazole rings is 3. The number of para-hydroxylation sites is 1. The van der Waals surface area contributed by atoms with Gasteiger partial charge in [-0.1, -0.05) is 75.7 Å². The van der Waals surface area contributed by atoms with Crippen LogP contribution >= 0.6 is 49.9 Å². The molecule has 1 aromatic carbocycles. The zero-order chi connectivity index (χ0) is 60.5. The van der Waals surface area contributed by atoms with Gasteiger partial charge in [0.25, 0.3) is 5.91 Å². The summed E-state index contributed by atoms with van der Waals surface area (Å²) in [5, 5.41) is 9.62. The van der Waals surface area contributed by atoms with Crippen LogP contribution in [0.2, 0.25) is 0 Å². The number of rotatable bonds is 18. The lowest BCUT2D eigenvalue weighted by Crippen LogP contribution is -2.30. The van der Waals surface area contributed by atoms with Crippen LogP contribution in [0.1, 0.15) is 200 Å². The number of ketones is 3. The molecule has 1 amide bonds. The van der Waals surface area contributed by atoms with Gasteiger partial charge in [-0.3, -0.25) is 28.8 Å². The molecule has 1 fully saturated rings. The molecule has 454 valence electrons. The molecule has 5 aromatic rings. The Labute approximate surface area is 506 Å². The molecule has 9 rings (SSSR count). The van der Waals surface area contributed by atoms with E-state index >= 15 is 0 Å². The quantitative estimate of drug-likeness (QED) is 0.0475. The van der Waals surface area contributed by atoms with Crippen molar-refractivity contribution in [3.8, 4) is 5.69 Å². The fourth-order valence-electron chi connectivity index (χ4n) is 10.1. The minimum Gasteiger partial charge on any atom is -0.466 e. The summed E-state index contributed by atoms with van der Waals surface area (Å²) in [7, 11) is 0. The van der Waals surface area contributed by atoms with Gasteiger partial charge in [-0.25, -0.2) is 19.6 Å². The van der Waals surface area contributed by atoms with Gasteiger partial charge in [-0.2, -0.15) is 18.3 Å². The first-order valence-corrected chi connectivity index (χ1v) is 32.6. The first-order chi connectivity index (χ1) is 39.5. The Hall–Kier alpha value is -5.03. The molecule has 5 unspecified atom stereocenters. The number of fused-ring (bicyclic) bond motifs is 3. The number of carbonyl (C=O) groups excluding carboxylic acids is 6. The number of amides is 1. The minimum absolute atomic E-state index is 0.0438. The number of carbonyl (C=O) groups is 6. The van der Waals surface area contributed by atoms with Crippen LogP contribution in [0.5, 0.6) is 0 Å². The maximum atomic E-state index is 13.5. The van der Waals surface area contributed by atoms with Crippen LogP contribution in [0.3, 0.4) is 0 Å². The number of halogens is 4. The monoisotopic (exact) mass is 1270 g/mol. The lowest BCUT2D eigenvalue weighted by molar-refractivity contribution is -0.150. The Kier molecular flexibility index (Phi) is 25.8. The molecule has 0 spiro atoms. The van der Waals surface area contributed by atoms with Crippen molar-refractivity contribution < 1.29 is 51.4 Å². The first kappa shape index (κ1) is 67.1. The van der Waals surface area contributed by atoms with Crippen LogP contribution in [0.4, 0.5) is 13.2 Å². The molecule has 0 aliphatic heterocycles. The third-order valence-corrected chi connectivity index (χ3v) is 20.0. The van der Waals surface area contributed by atoms with Crippen molar-refractivity contribution in [2.24, 2.45) is 29.4 Å². The predicted octanol–water partition coefficient (Wildman–Crippen LogP) is 12.7. The number of aryl methyl sites for hydroxylation is 3. The van der Waals surface area contributed by atoms with Gasteiger partial charge < -0.3 is 20.5 Å². The maximum absolute atomic E-state index is 13.5. The average Bonchev–Trinajstić information content (AvgIpc) is 4.38. The molecular formula is C61H81BrF3N7O8S3. The zero-order valence-corrected chi connectivity index (χ0v) is 53.1. The van der Waals surface area contributed by atoms with E-state index in [4.69, 9.17) is 20.2 Å². The van der Waals surface area contributed by atoms with Gasteiger partial charge in [-0.15, -0.1) is 34.0 Å². The second kappa shape index (κ2) is 31.9. The summed E-state index contributed by atoms with van der Waals surface area (Å²) < 4.78 is 51.5. The standard InChI is InChI=1S/C25H27F3N4O2S.C14H22N2OS.C13H19NO2S.C9H13BrO3/c1-15(2)24-30-19-11-10-16(13-21(19)35-24)20(33)9-6-12-29-23(34)18-14-32(17-7-4-3-5-8-17)31-22(18)25(26,27)28;1-9(2)14-16-11-6-5-10(8-13(11)18-14)12(17)4-3-7-15;1-4-16-13(15)9-5-6-10-11(7-9)17-12(14-10)8(2)3;1-2-13-9(12)6-3-4-8(11)7(10)5-6/h3-5,7-8,14-16H,6,9-13H2,1-2H3,(H,29,34);9-10H,3-8,15H2,1-2H3;8-9H,4-7H2,1-3H3;6-7H,2-5H2,1H3. The largest absolute Gasteiger partial charge is 0.466 e. The number of benzene rings is 1. The Morgan fingerprint density at radius 3 is 1.58 bits per heavy atom. The third kappa shape index (κ3) is 19.2. The van der Waals surface area contributed by atoms with Crippen molar-refractivity contribution in [1.29, 1.82) is 0 Å². The molecule has 1 saturated carbocycles. The highest BCUT2D eigenvalue weighted by Gasteiger charge is 2.40. The van der Waals surface area contributed by atoms with Crippen molar-refractivity contribution in [2.75, 3.05) is 26.3 Å². The topological polar surface area (TPSA) is 215 Å². The van der Waals surface area contributed by atoms with E-state index in [-0.39, 0.29) is 65.0 Å². The van der Waals surface area contributed by atoms with E-state index in [1.54, 1.807) is 71.3 Å². The number of aromatic nitrogens is 5. The van der Waals surface area contributed by atoms with Crippen molar-refractivity contribution in [3.05, 3.63) is 94.5 Å². The number of esters is 2. The summed E-state index contributed by atoms with van der Waals surface area (Å²) in [4.78, 5) is 89.1. The van der Waals surface area contributed by atoms with E-state index in [0.29, 0.717) is 87.5 Å². The maximum Gasteiger partial charge on any atom is 0.435 e. The van der Waals surface area contributed by atoms with Gasteiger partial charge in [0.2, 0.25) is 0 Å². The number of alkyl halides is 4. The molecule has 15 nitrogen and oxygen atoms in total. The molecule has 0 saturated heterocycles. The summed E-state index contributed by atoms with van der Waals surface area (Å²) in [6.07, 6.45) is 7.82. The first-order valence-electron chi connectivity index (χ1n) is 29.2. The van der Waals surface area contributed by atoms with Crippen molar-refractivity contribution in [3.63, 3.8) is 0 Å². The van der Waals surface area contributed by atoms with E-state index in [9.17, 15) is 41.9 Å². The number of nitrogens with zero attached hydrogens (tertiary/aromatic N) is 5. The zero-order valence-electron chi connectivity index (χ0n) is 49.0. The SMILES string of the molecule is CC(C)c1nc2c(s1)CC(C(=O)CCCN)CC2.CC(C)c1nc2c(s1)CC(C(=O)CCCNC(=O)c1cn(-c3ccccc3)nc1C(F)(F)F)CC2.CCOC(=O)C1CCC(=O)C(Br)C1.CCOC(=O)C1CCc2nc(C(C)C)sc2C1. The number of hydrogen-bond donors (Lipinski definition) is 2. The predicted molar refractivity (Wildman–Crippen MR) is 322 cm³/mol. The molecule has 4 heterocycles. The van der Waals surface area contributed by atoms with Gasteiger partial charge in [-0.05, 0) is 116 Å². The van der Waals surface area contributed by atoms with E-state index in [2.05, 4.69) is 77.9 Å². The van der Waals surface area contributed by atoms with Crippen molar-refractivity contribution in [1.82, 2.24) is 30.0 Å². The molecule has 0 bridgehead atoms. The van der Waals surface area contributed by atoms with Crippen LogP contribution in [-0.2, 0) is 78.1 Å². The average molecular weight is 1270 g/mol. The Morgan fingerprint density at radius 2 is 1.13 bits per heavy atom. The summed E-state index contributed by atoms with van der Waals surface area (Å²) in [5.41, 5.74) is 7.65. The number of Topliss-reactive ketones (excluding diaryl/α,β-unsaturated/α-hetero) is 3. The van der Waals surface area contributed by atoms with E-state index in [0.717, 1.165) is 79.4 Å². The number of ether oxygens (including phenoxy) is 2. The van der Waals surface area contributed by atoms with Gasteiger partial charge in [0, 0.05) is 76.2 Å². The Morgan fingerprint density at radius 1 is 0.687 bits per heavy atom. The third-order valence-electron chi connectivity index (χ3n) is 14.8. The Bertz CT molecular complexity index is 2970. The molecule has 4 aromatic heterocycles. The molecule has 0 radical (unpaired) electrons. The van der Waals surface area contributed by atoms with E-state index in [1.807, 2.05) is 6.92 Å². The molecule has 5 atom stereocenters. The van der Waals surface area contributed by atoms with E-state index < -0.39 is 23.3 Å². The summed E-state index contributed by atoms with van der Waals surface area (Å²) in [6.45, 7) is 18.1. The molecule has 22 heteroatoms. The van der Waals surface area contributed by atoms with Crippen LogP contribution in [0.25, 0.3) is 5.69 Å². The van der Waals surface area contributed by atoms with Crippen LogP contribution in [-0.4, -0.2) is 91.1 Å². The molecule has 3 N–H and O–H groups in total. The highest BCUT2D eigenvalue weighted by molar-refractivity contribution is 9.10. The number of hydrogen-bond acceptors (Lipinski definition) is 16. The molecule has 83 heavy (non-hydrogen) atoms. The van der Waals surface area contributed by atoms with E-state index in [1.165, 1.54) is 36.0 Å². The van der Waals surface area contributed by atoms with Gasteiger partial charge in [0.05, 0.1) is 73.2 Å². The second-order valence-electron chi connectivity index (χ2n) is 22.3. The van der Waals surface area contributed by atoms with Crippen molar-refractivity contribution >= 4 is 85.1 Å². The fraction of sp³-hybridized carbons (Fsp3) is 0.607. The van der Waals surface area contributed by atoms with Crippen LogP contribution in [0.15, 0.2) is 36.5 Å². The van der Waals surface area contributed by atoms with Gasteiger partial charge >= 0.3 is 18.1 Å². The normalized spacial score (nSPS) is 19.2. The van der Waals surface area contributed by atoms with Crippen LogP contribution < -0.4 is 11.1 Å². The number of nitrogens with one attached hydrogen (secondary N) is 1. The second-order valence-corrected chi connectivity index (χ2v) is 26.8. The fourth-order valence-corrected chi connectivity index (χ4v) is 14.4. The molecule has 4 aliphatic rings. The Balaban J connectivity index is 0.000000194. The highest BCUT2D eigenvalue weighted by Crippen LogP contribution is 2.37. The lowest BCUT2D eigenvalue weighted by atomic mass is 9.86. The summed E-state index contributed by atoms with van der Waals surface area (Å²) in [6, 6.07) is 8.28. The van der Waals surface area contributed by atoms with Gasteiger partial charge in [0.1, 0.15) is 17.3 Å². The smallest absolute Gasteiger partial charge is 0.435 e.